The van der Waals surface area contributed by atoms with Gasteiger partial charge in [-0.25, -0.2) is 9.59 Å². The fraction of sp³-hybridized carbons (Fsp3) is 0.833. The maximum Gasteiger partial charge on any atom is 0.326 e. The Labute approximate surface area is 107 Å². The summed E-state index contributed by atoms with van der Waals surface area (Å²) >= 11 is 0. The van der Waals surface area contributed by atoms with Crippen LogP contribution < -0.4 is 5.32 Å². The van der Waals surface area contributed by atoms with E-state index in [1.165, 1.54) is 4.90 Å². The van der Waals surface area contributed by atoms with Crippen molar-refractivity contribution in [3.05, 3.63) is 0 Å². The Bertz CT molecular complexity index is 283. The van der Waals surface area contributed by atoms with Crippen LogP contribution in [0.2, 0.25) is 0 Å². The number of amides is 2. The Morgan fingerprint density at radius 2 is 2.17 bits per heavy atom. The second kappa shape index (κ2) is 7.92. The molecule has 6 nitrogen and oxygen atoms in total. The number of ether oxygens (including phenoxy) is 1. The molecule has 0 saturated carbocycles. The molecule has 0 aromatic heterocycles. The van der Waals surface area contributed by atoms with Crippen molar-refractivity contribution in [2.75, 3.05) is 26.8 Å². The van der Waals surface area contributed by atoms with Crippen molar-refractivity contribution in [2.24, 2.45) is 0 Å². The number of methoxy groups -OCH3 is 1. The number of aliphatic carboxylic acids is 1. The molecule has 0 aromatic rings. The molecule has 2 amide bonds. The monoisotopic (exact) mass is 258 g/mol. The van der Waals surface area contributed by atoms with E-state index < -0.39 is 12.0 Å². The van der Waals surface area contributed by atoms with E-state index in [1.807, 2.05) is 0 Å². The highest BCUT2D eigenvalue weighted by Gasteiger charge is 2.30. The smallest absolute Gasteiger partial charge is 0.326 e. The van der Waals surface area contributed by atoms with Crippen LogP contribution in [0.25, 0.3) is 0 Å². The van der Waals surface area contributed by atoms with Gasteiger partial charge in [-0.05, 0) is 19.3 Å². The fourth-order valence-corrected chi connectivity index (χ4v) is 2.12. The van der Waals surface area contributed by atoms with E-state index in [9.17, 15) is 9.59 Å². The van der Waals surface area contributed by atoms with Crippen LogP contribution in [0.1, 0.15) is 32.1 Å². The molecule has 6 heteroatoms. The van der Waals surface area contributed by atoms with Crippen molar-refractivity contribution in [3.8, 4) is 0 Å². The van der Waals surface area contributed by atoms with Crippen molar-refractivity contribution >= 4 is 12.0 Å². The Hall–Kier alpha value is -1.30. The lowest BCUT2D eigenvalue weighted by Crippen LogP contribution is -2.49. The van der Waals surface area contributed by atoms with Gasteiger partial charge in [-0.1, -0.05) is 12.8 Å². The third-order valence-corrected chi connectivity index (χ3v) is 3.10. The Balaban J connectivity index is 2.48. The van der Waals surface area contributed by atoms with E-state index in [-0.39, 0.29) is 6.03 Å². The number of hydrogen-bond acceptors (Lipinski definition) is 3. The molecule has 1 unspecified atom stereocenters. The minimum Gasteiger partial charge on any atom is -0.480 e. The van der Waals surface area contributed by atoms with Gasteiger partial charge in [0.25, 0.3) is 0 Å². The Morgan fingerprint density at radius 1 is 1.39 bits per heavy atom. The molecule has 18 heavy (non-hydrogen) atoms. The zero-order chi connectivity index (χ0) is 13.4. The van der Waals surface area contributed by atoms with E-state index in [0.29, 0.717) is 26.1 Å². The minimum absolute atomic E-state index is 0.277. The number of likely N-dealkylation sites (tertiary alicyclic amines) is 1. The van der Waals surface area contributed by atoms with Crippen LogP contribution in [0.5, 0.6) is 0 Å². The summed E-state index contributed by atoms with van der Waals surface area (Å²) in [7, 11) is 1.61. The average Bonchev–Trinajstić information content (AvgIpc) is 2.59. The van der Waals surface area contributed by atoms with Crippen LogP contribution in [-0.2, 0) is 9.53 Å². The number of hydrogen-bond donors (Lipinski definition) is 2. The molecule has 1 atom stereocenters. The molecule has 0 aromatic carbocycles. The molecule has 1 heterocycles. The quantitative estimate of drug-likeness (QED) is 0.723. The molecule has 104 valence electrons. The number of urea groups is 1. The van der Waals surface area contributed by atoms with Gasteiger partial charge in [0.1, 0.15) is 6.04 Å². The van der Waals surface area contributed by atoms with Crippen LogP contribution in [-0.4, -0.2) is 54.9 Å². The topological polar surface area (TPSA) is 78.9 Å². The van der Waals surface area contributed by atoms with E-state index in [1.54, 1.807) is 7.11 Å². The number of carboxylic acid groups (broad SMARTS) is 1. The number of rotatable bonds is 5. The van der Waals surface area contributed by atoms with Crippen molar-refractivity contribution in [2.45, 2.75) is 38.1 Å². The molecule has 1 saturated heterocycles. The zero-order valence-electron chi connectivity index (χ0n) is 10.9. The molecule has 0 bridgehead atoms. The summed E-state index contributed by atoms with van der Waals surface area (Å²) in [6.45, 7) is 1.62. The summed E-state index contributed by atoms with van der Waals surface area (Å²) in [4.78, 5) is 24.5. The maximum absolute atomic E-state index is 11.9. The van der Waals surface area contributed by atoms with Crippen LogP contribution in [0.3, 0.4) is 0 Å². The van der Waals surface area contributed by atoms with Crippen molar-refractivity contribution < 1.29 is 19.4 Å². The standard InChI is InChI=1S/C12H22N2O4/c1-18-9-5-7-13-12(17)14-8-4-2-3-6-10(14)11(15)16/h10H,2-9H2,1H3,(H,13,17)(H,15,16). The molecule has 0 aliphatic carbocycles. The summed E-state index contributed by atoms with van der Waals surface area (Å²) in [6.07, 6.45) is 3.99. The lowest BCUT2D eigenvalue weighted by Gasteiger charge is -2.27. The molecule has 1 fully saturated rings. The van der Waals surface area contributed by atoms with Gasteiger partial charge in [0, 0.05) is 26.8 Å². The summed E-state index contributed by atoms with van der Waals surface area (Å²) in [5, 5.41) is 11.9. The molecule has 1 aliphatic rings. The number of carbonyl (C=O) groups is 2. The minimum atomic E-state index is -0.913. The van der Waals surface area contributed by atoms with Gasteiger partial charge in [-0.3, -0.25) is 0 Å². The maximum atomic E-state index is 11.9. The Morgan fingerprint density at radius 3 is 2.83 bits per heavy atom. The second-order valence-electron chi connectivity index (χ2n) is 4.48. The molecule has 1 rings (SSSR count). The molecule has 0 spiro atoms. The molecule has 2 N–H and O–H groups in total. The van der Waals surface area contributed by atoms with Crippen LogP contribution in [0.4, 0.5) is 4.79 Å². The largest absolute Gasteiger partial charge is 0.480 e. The van der Waals surface area contributed by atoms with Crippen LogP contribution in [0, 0.1) is 0 Å². The Kier molecular flexibility index (Phi) is 6.49. The summed E-state index contributed by atoms with van der Waals surface area (Å²) in [5.74, 6) is -0.913. The van der Waals surface area contributed by atoms with Gasteiger partial charge in [-0.15, -0.1) is 0 Å². The predicted molar refractivity (Wildman–Crippen MR) is 66.5 cm³/mol. The molecule has 1 aliphatic heterocycles. The molecular formula is C12H22N2O4. The first-order chi connectivity index (χ1) is 8.66. The first-order valence-corrected chi connectivity index (χ1v) is 6.43. The lowest BCUT2D eigenvalue weighted by atomic mass is 10.1. The number of nitrogens with zero attached hydrogens (tertiary/aromatic N) is 1. The molecule has 0 radical (unpaired) electrons. The molecular weight excluding hydrogens is 236 g/mol. The van der Waals surface area contributed by atoms with E-state index in [0.717, 1.165) is 25.7 Å². The van der Waals surface area contributed by atoms with E-state index >= 15 is 0 Å². The SMILES string of the molecule is COCCCNC(=O)N1CCCCCC1C(=O)O. The van der Waals surface area contributed by atoms with Crippen molar-refractivity contribution in [1.29, 1.82) is 0 Å². The van der Waals surface area contributed by atoms with Gasteiger partial charge in [0.15, 0.2) is 0 Å². The van der Waals surface area contributed by atoms with Gasteiger partial charge in [0.05, 0.1) is 0 Å². The summed E-state index contributed by atoms with van der Waals surface area (Å²) < 4.78 is 4.89. The zero-order valence-corrected chi connectivity index (χ0v) is 10.9. The number of carbonyl (C=O) groups excluding carboxylic acids is 1. The van der Waals surface area contributed by atoms with Gasteiger partial charge in [-0.2, -0.15) is 0 Å². The van der Waals surface area contributed by atoms with Gasteiger partial charge < -0.3 is 20.1 Å². The highest BCUT2D eigenvalue weighted by Crippen LogP contribution is 2.17. The first kappa shape index (κ1) is 14.8. The number of carboxylic acids is 1. The van der Waals surface area contributed by atoms with Crippen LogP contribution >= 0.6 is 0 Å². The number of nitrogens with one attached hydrogen (secondary N) is 1. The average molecular weight is 258 g/mol. The highest BCUT2D eigenvalue weighted by molar-refractivity contribution is 5.82. The normalized spacial score (nSPS) is 20.3. The van der Waals surface area contributed by atoms with Gasteiger partial charge in [0.2, 0.25) is 0 Å². The van der Waals surface area contributed by atoms with E-state index in [4.69, 9.17) is 9.84 Å². The first-order valence-electron chi connectivity index (χ1n) is 6.43. The lowest BCUT2D eigenvalue weighted by molar-refractivity contribution is -0.142. The van der Waals surface area contributed by atoms with Crippen molar-refractivity contribution in [3.63, 3.8) is 0 Å². The van der Waals surface area contributed by atoms with Gasteiger partial charge >= 0.3 is 12.0 Å². The summed E-state index contributed by atoms with van der Waals surface area (Å²) in [6, 6.07) is -0.963. The highest BCUT2D eigenvalue weighted by atomic mass is 16.5. The van der Waals surface area contributed by atoms with E-state index in [2.05, 4.69) is 5.32 Å². The van der Waals surface area contributed by atoms with Crippen LogP contribution in [0.15, 0.2) is 0 Å². The fourth-order valence-electron chi connectivity index (χ4n) is 2.12. The van der Waals surface area contributed by atoms with Crippen molar-refractivity contribution in [1.82, 2.24) is 10.2 Å². The third-order valence-electron chi connectivity index (χ3n) is 3.10. The second-order valence-corrected chi connectivity index (χ2v) is 4.48. The predicted octanol–water partition coefficient (Wildman–Crippen LogP) is 1.06. The third kappa shape index (κ3) is 4.52. The summed E-state index contributed by atoms with van der Waals surface area (Å²) in [5.41, 5.74) is 0.